The van der Waals surface area contributed by atoms with Crippen molar-refractivity contribution in [1.29, 1.82) is 0 Å². The maximum atomic E-state index is 5.84. The fourth-order valence-corrected chi connectivity index (χ4v) is 19.1. The Hall–Kier alpha value is -3.66. The number of aryl methyl sites for hydroxylation is 8. The van der Waals surface area contributed by atoms with Crippen molar-refractivity contribution < 1.29 is 32.2 Å². The first-order valence-corrected chi connectivity index (χ1v) is 26.0. The second-order valence-electron chi connectivity index (χ2n) is 16.3. The summed E-state index contributed by atoms with van der Waals surface area (Å²) in [6.45, 7) is 21.5. The van der Waals surface area contributed by atoms with Crippen LogP contribution in [0.1, 0.15) is 56.0 Å². The average molecular weight is 885 g/mol. The van der Waals surface area contributed by atoms with Crippen molar-refractivity contribution in [2.75, 3.05) is 0 Å². The molecule has 2 nitrogen and oxygen atoms in total. The maximum absolute atomic E-state index is 5.84. The van der Waals surface area contributed by atoms with Gasteiger partial charge in [-0.15, -0.1) is 57.9 Å². The first kappa shape index (κ1) is 41.5. The third-order valence-electron chi connectivity index (χ3n) is 11.1. The number of fused-ring (bicyclic) bond motifs is 2. The summed E-state index contributed by atoms with van der Waals surface area (Å²) in [5.41, 5.74) is 18.2. The van der Waals surface area contributed by atoms with Gasteiger partial charge in [0.05, 0.1) is 23.0 Å². The number of hydrogen-bond acceptors (Lipinski definition) is 2. The Morgan fingerprint density at radius 2 is 0.895 bits per heavy atom. The molecule has 0 aliphatic carbocycles. The van der Waals surface area contributed by atoms with Crippen LogP contribution < -0.4 is 0 Å². The minimum atomic E-state index is -0.294. The van der Waals surface area contributed by atoms with Crippen LogP contribution in [-0.4, -0.2) is 9.77 Å². The van der Waals surface area contributed by atoms with Gasteiger partial charge in [0.2, 0.25) is 0 Å². The molecule has 6 aromatic carbocycles. The van der Waals surface area contributed by atoms with E-state index in [0.29, 0.717) is 0 Å². The van der Waals surface area contributed by atoms with E-state index in [9.17, 15) is 0 Å². The summed E-state index contributed by atoms with van der Waals surface area (Å²) in [7, 11) is 0. The zero-order chi connectivity index (χ0) is 40.9. The number of rotatable bonds is 4. The summed E-state index contributed by atoms with van der Waals surface area (Å²) in [5, 5.41) is 5.16. The molecular weight excluding hydrogens is 835 g/mol. The third kappa shape index (κ3) is 9.16. The van der Waals surface area contributed by atoms with Crippen LogP contribution in [0.4, 0.5) is 0 Å². The van der Waals surface area contributed by atoms with Crippen LogP contribution in [0.2, 0.25) is 12.1 Å². The normalized spacial score (nSPS) is 13.3. The van der Waals surface area contributed by atoms with Crippen LogP contribution >= 0.6 is 23.2 Å². The van der Waals surface area contributed by atoms with E-state index in [1.54, 1.807) is 23.3 Å². The average Bonchev–Trinajstić information content (AvgIpc) is 3.92. The van der Waals surface area contributed by atoms with Gasteiger partial charge in [-0.05, 0) is 116 Å². The van der Waals surface area contributed by atoms with Crippen LogP contribution in [0.3, 0.4) is 0 Å². The van der Waals surface area contributed by atoms with Gasteiger partial charge in [0.15, 0.2) is 0 Å². The molecule has 0 atom stereocenters. The predicted molar refractivity (Wildman–Crippen MR) is 243 cm³/mol. The summed E-state index contributed by atoms with van der Waals surface area (Å²) in [4.78, 5) is 0. The topological polar surface area (TPSA) is 26.3 Å². The van der Waals surface area contributed by atoms with Crippen molar-refractivity contribution in [2.45, 2.75) is 85.7 Å². The molecule has 1 aliphatic heterocycles. The summed E-state index contributed by atoms with van der Waals surface area (Å²) in [6.07, 6.45) is 0. The van der Waals surface area contributed by atoms with Crippen LogP contribution in [0.15, 0.2) is 106 Å². The van der Waals surface area contributed by atoms with Crippen molar-refractivity contribution in [3.05, 3.63) is 153 Å². The van der Waals surface area contributed by atoms with Crippen molar-refractivity contribution in [3.8, 4) is 44.9 Å². The number of benzene rings is 4. The van der Waals surface area contributed by atoms with E-state index in [-0.39, 0.29) is 9.77 Å². The Morgan fingerprint density at radius 1 is 0.526 bits per heavy atom. The monoisotopic (exact) mass is 882 g/mol. The van der Waals surface area contributed by atoms with E-state index in [4.69, 9.17) is 32.0 Å². The molecule has 1 aliphatic rings. The second kappa shape index (κ2) is 16.5. The van der Waals surface area contributed by atoms with Crippen LogP contribution in [0.5, 0.6) is 0 Å². The van der Waals surface area contributed by atoms with Crippen molar-refractivity contribution in [2.24, 2.45) is 0 Å². The quantitative estimate of drug-likeness (QED) is 0.1000. The Morgan fingerprint density at radius 3 is 1.18 bits per heavy atom. The molecule has 0 amide bonds. The standard InChI is InChI=1S/2C24H23O.C3H4Cl2Si.Zr/c2*1-14-8-15(2)10-21(9-14)24-18(5)16(3)11-19-12-20(13-22(19)24)23-7-6-17(4)25-23;4-3(5)1-6-2-3;/h2*6-13H,1-5H3;1-2H2;/q2*-1;;+2. The summed E-state index contributed by atoms with van der Waals surface area (Å²) in [6, 6.07) is 37.6. The number of furan rings is 2. The number of hydrogen-bond donors (Lipinski definition) is 0. The first-order chi connectivity index (χ1) is 26.9. The molecule has 0 N–H and O–H groups in total. The van der Waals surface area contributed by atoms with Gasteiger partial charge >= 0.3 is 68.4 Å². The molecule has 6 heteroatoms. The van der Waals surface area contributed by atoms with Crippen LogP contribution in [-0.2, 0) is 23.3 Å². The minimum absolute atomic E-state index is 0.0262. The van der Waals surface area contributed by atoms with Gasteiger partial charge in [-0.1, -0.05) is 92.0 Å². The summed E-state index contributed by atoms with van der Waals surface area (Å²) >= 11 is 13.1. The number of halogens is 2. The van der Waals surface area contributed by atoms with E-state index < -0.39 is 0 Å². The SMILES string of the molecule is Cc1cc(C)cc(-c2c(C)c(C)cc3[cH-]c(-c4ccc(C)o4)cc23)c1.Cc1cc(C)cc(-c2c(C)c(C)cc3[cH-]c(-c4ccc(C)o4)cc23)c1.ClC1(Cl)C[Si](=[Zr+2])C1. The Kier molecular flexibility index (Phi) is 12.0. The Labute approximate surface area is 363 Å². The first-order valence-electron chi connectivity index (χ1n) is 19.6. The van der Waals surface area contributed by atoms with Crippen LogP contribution in [0.25, 0.3) is 66.4 Å². The van der Waals surface area contributed by atoms with Gasteiger partial charge in [-0.2, -0.15) is 0 Å². The number of alkyl halides is 2. The zero-order valence-corrected chi connectivity index (χ0v) is 39.7. The van der Waals surface area contributed by atoms with Gasteiger partial charge in [-0.3, -0.25) is 0 Å². The molecule has 0 saturated carbocycles. The molecule has 0 bridgehead atoms. The van der Waals surface area contributed by atoms with E-state index in [0.717, 1.165) is 46.3 Å². The molecule has 3 heterocycles. The zero-order valence-electron chi connectivity index (χ0n) is 34.7. The Bertz CT molecular complexity index is 2580. The van der Waals surface area contributed by atoms with Gasteiger partial charge in [0.1, 0.15) is 0 Å². The van der Waals surface area contributed by atoms with Gasteiger partial charge in [0, 0.05) is 0 Å². The summed E-state index contributed by atoms with van der Waals surface area (Å²) < 4.78 is 11.4. The van der Waals surface area contributed by atoms with E-state index >= 15 is 0 Å². The van der Waals surface area contributed by atoms with Gasteiger partial charge in [0.25, 0.3) is 0 Å². The fraction of sp³-hybridized carbons (Fsp3) is 0.255. The van der Waals surface area contributed by atoms with Crippen molar-refractivity contribution in [3.63, 3.8) is 0 Å². The van der Waals surface area contributed by atoms with E-state index in [1.165, 1.54) is 88.3 Å². The molecule has 1 saturated heterocycles. The molecule has 0 spiro atoms. The van der Waals surface area contributed by atoms with E-state index in [1.807, 2.05) is 26.0 Å². The fourth-order valence-electron chi connectivity index (χ4n) is 8.22. The van der Waals surface area contributed by atoms with E-state index in [2.05, 4.69) is 140 Å². The van der Waals surface area contributed by atoms with Crippen molar-refractivity contribution >= 4 is 50.2 Å². The van der Waals surface area contributed by atoms with Gasteiger partial charge < -0.3 is 8.83 Å². The van der Waals surface area contributed by atoms with Crippen LogP contribution in [0, 0.1) is 69.2 Å². The molecule has 9 rings (SSSR count). The molecule has 288 valence electrons. The molecule has 57 heavy (non-hydrogen) atoms. The second-order valence-corrected chi connectivity index (χ2v) is 25.0. The predicted octanol–water partition coefficient (Wildman–Crippen LogP) is 15.8. The molecule has 2 aromatic heterocycles. The Balaban J connectivity index is 0.000000149. The molecular formula is C51H50Cl2O2SiZr. The third-order valence-corrected chi connectivity index (χ3v) is 17.2. The molecule has 8 aromatic rings. The molecule has 0 unspecified atom stereocenters. The summed E-state index contributed by atoms with van der Waals surface area (Å²) in [5.74, 6) is 3.77. The molecule has 1 fully saturated rings. The molecule has 0 radical (unpaired) electrons. The van der Waals surface area contributed by atoms with Gasteiger partial charge in [-0.25, -0.2) is 0 Å². The van der Waals surface area contributed by atoms with Crippen molar-refractivity contribution in [1.82, 2.24) is 0 Å².